The van der Waals surface area contributed by atoms with Gasteiger partial charge in [-0.2, -0.15) is 0 Å². The summed E-state index contributed by atoms with van der Waals surface area (Å²) in [4.78, 5) is 35.9. The first-order valence-corrected chi connectivity index (χ1v) is 10.6. The Balaban J connectivity index is 0.000000861. The van der Waals surface area contributed by atoms with Crippen molar-refractivity contribution in [1.82, 2.24) is 10.2 Å². The molecule has 0 radical (unpaired) electrons. The van der Waals surface area contributed by atoms with Crippen molar-refractivity contribution >= 4 is 23.7 Å². The molecule has 1 aromatic rings. The molecule has 1 aliphatic rings. The van der Waals surface area contributed by atoms with E-state index < -0.39 is 12.0 Å². The van der Waals surface area contributed by atoms with Gasteiger partial charge in [0, 0.05) is 13.0 Å². The molecule has 8 heteroatoms. The van der Waals surface area contributed by atoms with Gasteiger partial charge in [0.15, 0.2) is 11.5 Å². The lowest BCUT2D eigenvalue weighted by molar-refractivity contribution is -0.136. The highest BCUT2D eigenvalue weighted by Gasteiger charge is 2.38. The lowest BCUT2D eigenvalue weighted by Crippen LogP contribution is -2.35. The Labute approximate surface area is 184 Å². The van der Waals surface area contributed by atoms with E-state index in [1.54, 1.807) is 26.2 Å². The van der Waals surface area contributed by atoms with Gasteiger partial charge in [0.25, 0.3) is 5.91 Å². The van der Waals surface area contributed by atoms with Crippen LogP contribution in [0.1, 0.15) is 58.4 Å². The van der Waals surface area contributed by atoms with Gasteiger partial charge in [0.1, 0.15) is 5.75 Å². The number of imide groups is 1. The zero-order valence-electron chi connectivity index (χ0n) is 19.1. The van der Waals surface area contributed by atoms with Crippen LogP contribution in [0.3, 0.4) is 0 Å². The van der Waals surface area contributed by atoms with E-state index in [9.17, 15) is 14.4 Å². The van der Waals surface area contributed by atoms with Gasteiger partial charge in [-0.15, -0.1) is 0 Å². The standard InChI is InChI=1S/C20H28N2O4.C3H6O2/c1-5-7-10-14(6-2)13-22-19(23)17(21-20(22)24)18(26-4)15-11-8-9-12-16(15)25-3;1-2-3(4)5/h8-9,11-12,14H,5-7,10,13H2,1-4H3,(H,21,24);2H2,1H3,(H,4,5). The second-order valence-electron chi connectivity index (χ2n) is 7.12. The highest BCUT2D eigenvalue weighted by atomic mass is 16.5. The highest BCUT2D eigenvalue weighted by Crippen LogP contribution is 2.30. The third-order valence-corrected chi connectivity index (χ3v) is 5.01. The van der Waals surface area contributed by atoms with Crippen molar-refractivity contribution in [2.45, 2.75) is 52.9 Å². The Morgan fingerprint density at radius 3 is 2.32 bits per heavy atom. The molecule has 8 nitrogen and oxygen atoms in total. The molecule has 172 valence electrons. The summed E-state index contributed by atoms with van der Waals surface area (Å²) in [7, 11) is 3.03. The first kappa shape index (κ1) is 26.0. The van der Waals surface area contributed by atoms with Crippen LogP contribution in [0.25, 0.3) is 5.76 Å². The summed E-state index contributed by atoms with van der Waals surface area (Å²) >= 11 is 0. The van der Waals surface area contributed by atoms with Gasteiger partial charge in [-0.25, -0.2) is 4.79 Å². The number of carboxylic acids is 1. The van der Waals surface area contributed by atoms with Crippen LogP contribution in [0.5, 0.6) is 5.75 Å². The maximum atomic E-state index is 12.9. The average Bonchev–Trinajstić information content (AvgIpc) is 3.05. The van der Waals surface area contributed by atoms with E-state index in [2.05, 4.69) is 19.2 Å². The zero-order chi connectivity index (χ0) is 23.4. The lowest BCUT2D eigenvalue weighted by Gasteiger charge is -2.20. The Hall–Kier alpha value is -3.03. The molecule has 0 saturated carbocycles. The number of nitrogens with one attached hydrogen (secondary N) is 1. The number of carbonyl (C=O) groups is 3. The number of benzene rings is 1. The molecule has 2 N–H and O–H groups in total. The monoisotopic (exact) mass is 434 g/mol. The zero-order valence-corrected chi connectivity index (χ0v) is 19.1. The minimum atomic E-state index is -0.745. The fourth-order valence-corrected chi connectivity index (χ4v) is 3.13. The van der Waals surface area contributed by atoms with E-state index in [1.807, 2.05) is 12.1 Å². The van der Waals surface area contributed by atoms with Gasteiger partial charge >= 0.3 is 12.0 Å². The Kier molecular flexibility index (Phi) is 11.2. The van der Waals surface area contributed by atoms with Gasteiger partial charge in [0.2, 0.25) is 0 Å². The van der Waals surface area contributed by atoms with Crippen LogP contribution in [0, 0.1) is 5.92 Å². The summed E-state index contributed by atoms with van der Waals surface area (Å²) in [6.45, 7) is 6.25. The van der Waals surface area contributed by atoms with Crippen molar-refractivity contribution in [2.75, 3.05) is 20.8 Å². The average molecular weight is 435 g/mol. The Bertz CT molecular complexity index is 790. The lowest BCUT2D eigenvalue weighted by atomic mass is 9.99. The smallest absolute Gasteiger partial charge is 0.329 e. The van der Waals surface area contributed by atoms with E-state index in [4.69, 9.17) is 14.6 Å². The predicted octanol–water partition coefficient (Wildman–Crippen LogP) is 4.26. The molecule has 0 aliphatic carbocycles. The van der Waals surface area contributed by atoms with Crippen LogP contribution >= 0.6 is 0 Å². The van der Waals surface area contributed by atoms with Crippen molar-refractivity contribution in [2.24, 2.45) is 5.92 Å². The Morgan fingerprint density at radius 1 is 1.16 bits per heavy atom. The molecule has 1 unspecified atom stereocenters. The summed E-state index contributed by atoms with van der Waals surface area (Å²) in [6.07, 6.45) is 4.35. The summed E-state index contributed by atoms with van der Waals surface area (Å²) in [5.74, 6) is 0.0931. The van der Waals surface area contributed by atoms with Crippen molar-refractivity contribution in [3.05, 3.63) is 35.5 Å². The van der Waals surface area contributed by atoms with Crippen LogP contribution in [0.15, 0.2) is 30.0 Å². The molecule has 1 atom stereocenters. The number of aliphatic carboxylic acids is 1. The minimum Gasteiger partial charge on any atom is -0.496 e. The van der Waals surface area contributed by atoms with E-state index >= 15 is 0 Å². The molecule has 1 fully saturated rings. The fraction of sp³-hybridized carbons (Fsp3) is 0.522. The van der Waals surface area contributed by atoms with Crippen molar-refractivity contribution in [3.8, 4) is 5.75 Å². The van der Waals surface area contributed by atoms with Crippen LogP contribution < -0.4 is 10.1 Å². The number of rotatable bonds is 10. The van der Waals surface area contributed by atoms with E-state index in [0.717, 1.165) is 25.7 Å². The minimum absolute atomic E-state index is 0.160. The van der Waals surface area contributed by atoms with Crippen LogP contribution in [-0.2, 0) is 14.3 Å². The van der Waals surface area contributed by atoms with Gasteiger partial charge < -0.3 is 14.6 Å². The summed E-state index contributed by atoms with van der Waals surface area (Å²) in [5.41, 5.74) is 0.786. The van der Waals surface area contributed by atoms with Gasteiger partial charge in [-0.1, -0.05) is 52.2 Å². The SMILES string of the molecule is CCC(=O)O.CCCCC(CC)CN1C(=O)NC(=C(OC)c2ccccc2OC)C1=O. The van der Waals surface area contributed by atoms with Crippen molar-refractivity contribution in [1.29, 1.82) is 0 Å². The number of amides is 3. The maximum absolute atomic E-state index is 12.9. The second kappa shape index (κ2) is 13.3. The summed E-state index contributed by atoms with van der Waals surface area (Å²) in [6, 6.07) is 6.84. The number of carboxylic acid groups (broad SMARTS) is 1. The first-order valence-electron chi connectivity index (χ1n) is 10.6. The molecular weight excluding hydrogens is 400 g/mol. The van der Waals surface area contributed by atoms with Crippen LogP contribution in [0.2, 0.25) is 0 Å². The summed E-state index contributed by atoms with van der Waals surface area (Å²) < 4.78 is 10.8. The number of hydrogen-bond acceptors (Lipinski definition) is 5. The number of para-hydroxylation sites is 1. The van der Waals surface area contributed by atoms with Crippen LogP contribution in [0.4, 0.5) is 4.79 Å². The molecule has 3 amide bonds. The number of ether oxygens (including phenoxy) is 2. The topological polar surface area (TPSA) is 105 Å². The molecule has 0 bridgehead atoms. The molecule has 1 aromatic carbocycles. The van der Waals surface area contributed by atoms with E-state index in [0.29, 0.717) is 29.5 Å². The van der Waals surface area contributed by atoms with E-state index in [-0.39, 0.29) is 18.0 Å². The third-order valence-electron chi connectivity index (χ3n) is 5.01. The van der Waals surface area contributed by atoms with Crippen molar-refractivity contribution in [3.63, 3.8) is 0 Å². The number of methoxy groups -OCH3 is 2. The molecular formula is C23H34N2O6. The highest BCUT2D eigenvalue weighted by molar-refractivity contribution is 6.15. The van der Waals surface area contributed by atoms with Gasteiger partial charge in [-0.3, -0.25) is 19.8 Å². The number of carbonyl (C=O) groups excluding carboxylic acids is 2. The first-order chi connectivity index (χ1) is 14.8. The number of unbranched alkanes of at least 4 members (excludes halogenated alkanes) is 1. The molecule has 1 aliphatic heterocycles. The molecule has 0 spiro atoms. The number of nitrogens with zero attached hydrogens (tertiary/aromatic N) is 1. The fourth-order valence-electron chi connectivity index (χ4n) is 3.13. The normalized spacial score (nSPS) is 15.6. The quantitative estimate of drug-likeness (QED) is 0.324. The number of hydrogen-bond donors (Lipinski definition) is 2. The molecule has 1 heterocycles. The maximum Gasteiger partial charge on any atom is 0.329 e. The van der Waals surface area contributed by atoms with Crippen LogP contribution in [-0.4, -0.2) is 48.7 Å². The van der Waals surface area contributed by atoms with Gasteiger partial charge in [-0.05, 0) is 24.5 Å². The molecule has 0 aromatic heterocycles. The molecule has 1 saturated heterocycles. The van der Waals surface area contributed by atoms with E-state index in [1.165, 1.54) is 12.0 Å². The Morgan fingerprint density at radius 2 is 1.81 bits per heavy atom. The number of urea groups is 1. The molecule has 2 rings (SSSR count). The molecule has 31 heavy (non-hydrogen) atoms. The second-order valence-corrected chi connectivity index (χ2v) is 7.12. The summed E-state index contributed by atoms with van der Waals surface area (Å²) in [5, 5.41) is 10.4. The largest absolute Gasteiger partial charge is 0.496 e. The predicted molar refractivity (Wildman–Crippen MR) is 118 cm³/mol. The third kappa shape index (κ3) is 7.31. The van der Waals surface area contributed by atoms with Crippen molar-refractivity contribution < 1.29 is 29.0 Å². The van der Waals surface area contributed by atoms with Gasteiger partial charge in [0.05, 0.1) is 19.8 Å².